The first-order valence-electron chi connectivity index (χ1n) is 4.06. The molecule has 0 fully saturated rings. The first-order chi connectivity index (χ1) is 7.40. The Hall–Kier alpha value is -1.22. The molecule has 1 atom stereocenters. The van der Waals surface area contributed by atoms with Gasteiger partial charge in [-0.25, -0.2) is 9.18 Å². The number of halogens is 5. The van der Waals surface area contributed by atoms with Crippen molar-refractivity contribution in [1.29, 1.82) is 0 Å². The lowest BCUT2D eigenvalue weighted by Gasteiger charge is -2.34. The van der Waals surface area contributed by atoms with Crippen molar-refractivity contribution in [2.75, 3.05) is 0 Å². The number of ether oxygens (including phenoxy) is 1. The van der Waals surface area contributed by atoms with E-state index >= 15 is 0 Å². The number of aliphatic hydroxyl groups excluding tert-OH is 1. The first-order valence-corrected chi connectivity index (χ1v) is 4.06. The Kier molecular flexibility index (Phi) is 4.24. The second-order valence-corrected chi connectivity index (χ2v) is 3.17. The van der Waals surface area contributed by atoms with E-state index in [9.17, 15) is 26.7 Å². The predicted octanol–water partition coefficient (Wildman–Crippen LogP) is 0.983. The number of hydrogen-bond acceptors (Lipinski definition) is 4. The minimum atomic E-state index is -5.65. The fraction of sp³-hybridized carbons (Fsp3) is 0.625. The molecule has 2 N–H and O–H groups in total. The Bertz CT molecular complexity index is 313. The van der Waals surface area contributed by atoms with Crippen molar-refractivity contribution in [2.45, 2.75) is 30.9 Å². The highest BCUT2D eigenvalue weighted by molar-refractivity contribution is 5.81. The lowest BCUT2D eigenvalue weighted by Crippen LogP contribution is -2.61. The fourth-order valence-electron chi connectivity index (χ4n) is 0.679. The summed E-state index contributed by atoms with van der Waals surface area (Å²) in [5.74, 6) is -7.56. The van der Waals surface area contributed by atoms with E-state index in [-0.39, 0.29) is 13.0 Å². The number of carbonyl (C=O) groups is 1. The largest absolute Gasteiger partial charge is 0.470 e. The molecule has 0 spiro atoms. The third-order valence-corrected chi connectivity index (χ3v) is 1.86. The molecular formula is C8H9F5O4. The average molecular weight is 264 g/mol. The third kappa shape index (κ3) is 2.72. The van der Waals surface area contributed by atoms with Crippen LogP contribution in [0.5, 0.6) is 0 Å². The van der Waals surface area contributed by atoms with Crippen molar-refractivity contribution in [2.24, 2.45) is 0 Å². The van der Waals surface area contributed by atoms with E-state index < -0.39 is 30.0 Å². The van der Waals surface area contributed by atoms with Crippen molar-refractivity contribution >= 4 is 5.97 Å². The Morgan fingerprint density at radius 3 is 2.00 bits per heavy atom. The summed E-state index contributed by atoms with van der Waals surface area (Å²) in [6.07, 6.45) is -8.80. The fourth-order valence-corrected chi connectivity index (χ4v) is 0.679. The van der Waals surface area contributed by atoms with Crippen LogP contribution in [0.3, 0.4) is 0 Å². The molecule has 0 radical (unpaired) electrons. The lowest BCUT2D eigenvalue weighted by molar-refractivity contribution is -0.381. The first kappa shape index (κ1) is 15.8. The molecule has 9 heteroatoms. The van der Waals surface area contributed by atoms with Gasteiger partial charge in [-0.05, 0) is 6.92 Å². The topological polar surface area (TPSA) is 66.8 Å². The van der Waals surface area contributed by atoms with Crippen LogP contribution in [0, 0.1) is 0 Å². The Labute approximate surface area is 92.3 Å². The molecule has 0 aliphatic carbocycles. The van der Waals surface area contributed by atoms with Crippen molar-refractivity contribution in [1.82, 2.24) is 0 Å². The van der Waals surface area contributed by atoms with Gasteiger partial charge < -0.3 is 14.9 Å². The van der Waals surface area contributed by atoms with Crippen molar-refractivity contribution in [3.63, 3.8) is 0 Å². The van der Waals surface area contributed by atoms with Crippen LogP contribution >= 0.6 is 0 Å². The zero-order valence-corrected chi connectivity index (χ0v) is 8.46. The highest BCUT2D eigenvalue weighted by atomic mass is 19.3. The molecule has 0 aromatic heterocycles. The predicted molar refractivity (Wildman–Crippen MR) is 43.9 cm³/mol. The van der Waals surface area contributed by atoms with Crippen LogP contribution in [0.1, 0.15) is 6.92 Å². The van der Waals surface area contributed by atoms with Gasteiger partial charge in [0.05, 0.1) is 0 Å². The summed E-state index contributed by atoms with van der Waals surface area (Å²) >= 11 is 0. The van der Waals surface area contributed by atoms with E-state index in [1.54, 1.807) is 0 Å². The molecule has 0 aromatic rings. The molecule has 0 saturated carbocycles. The Morgan fingerprint density at radius 2 is 1.71 bits per heavy atom. The van der Waals surface area contributed by atoms with Crippen molar-refractivity contribution in [3.8, 4) is 0 Å². The van der Waals surface area contributed by atoms with Gasteiger partial charge in [0.25, 0.3) is 0 Å². The molecule has 1 unspecified atom stereocenters. The highest BCUT2D eigenvalue weighted by Gasteiger charge is 2.73. The molecule has 0 aliphatic heterocycles. The second-order valence-electron chi connectivity index (χ2n) is 3.17. The number of hydrogen-bond donors (Lipinski definition) is 2. The molecule has 100 valence electrons. The monoisotopic (exact) mass is 264 g/mol. The van der Waals surface area contributed by atoms with Crippen molar-refractivity contribution in [3.05, 3.63) is 12.7 Å². The van der Waals surface area contributed by atoms with Gasteiger partial charge in [-0.2, -0.15) is 17.6 Å². The van der Waals surface area contributed by atoms with Gasteiger partial charge >= 0.3 is 18.0 Å². The maximum atomic E-state index is 13.1. The summed E-state index contributed by atoms with van der Waals surface area (Å²) in [4.78, 5) is 10.4. The van der Waals surface area contributed by atoms with Crippen LogP contribution in [0.15, 0.2) is 12.7 Å². The molecule has 4 nitrogen and oxygen atoms in total. The van der Waals surface area contributed by atoms with E-state index in [0.29, 0.717) is 0 Å². The average Bonchev–Trinajstić information content (AvgIpc) is 2.15. The smallest absolute Gasteiger partial charge is 0.393 e. The van der Waals surface area contributed by atoms with E-state index in [0.717, 1.165) is 0 Å². The lowest BCUT2D eigenvalue weighted by atomic mass is 9.98. The number of aliphatic hydroxyl groups is 2. The normalized spacial score (nSPS) is 16.5. The number of alkyl halides is 5. The van der Waals surface area contributed by atoms with Crippen molar-refractivity contribution < 1.29 is 41.7 Å². The Morgan fingerprint density at radius 1 is 1.29 bits per heavy atom. The van der Waals surface area contributed by atoms with Gasteiger partial charge in [-0.1, -0.05) is 6.58 Å². The van der Waals surface area contributed by atoms with Crippen LogP contribution in [0.25, 0.3) is 0 Å². The molecule has 0 rings (SSSR count). The molecule has 0 bridgehead atoms. The van der Waals surface area contributed by atoms with E-state index in [2.05, 4.69) is 11.3 Å². The van der Waals surface area contributed by atoms with Crippen LogP contribution in [0.2, 0.25) is 0 Å². The van der Waals surface area contributed by atoms with E-state index in [1.807, 2.05) is 0 Å². The van der Waals surface area contributed by atoms with E-state index in [4.69, 9.17) is 10.2 Å². The van der Waals surface area contributed by atoms with Gasteiger partial charge in [0.15, 0.2) is 6.29 Å². The van der Waals surface area contributed by atoms with Gasteiger partial charge in [0, 0.05) is 6.08 Å². The standard InChI is InChI=1S/C8H9F5O4/c1-3-4(14)17-8(12,13)7(10,11)6(2,9)5(15)16/h3,5,15-16H,1H2,2H3. The maximum Gasteiger partial charge on any atom is 0.470 e. The minimum Gasteiger partial charge on any atom is -0.393 e. The number of rotatable bonds is 5. The van der Waals surface area contributed by atoms with Gasteiger partial charge in [-0.3, -0.25) is 0 Å². The maximum absolute atomic E-state index is 13.1. The minimum absolute atomic E-state index is 0.162. The van der Waals surface area contributed by atoms with Crippen LogP contribution < -0.4 is 0 Å². The van der Waals surface area contributed by atoms with Gasteiger partial charge in [0.1, 0.15) is 0 Å². The zero-order chi connectivity index (χ0) is 14.1. The highest BCUT2D eigenvalue weighted by Crippen LogP contribution is 2.46. The summed E-state index contributed by atoms with van der Waals surface area (Å²) in [5.41, 5.74) is -4.42. The summed E-state index contributed by atoms with van der Waals surface area (Å²) in [6, 6.07) is 0. The van der Waals surface area contributed by atoms with Gasteiger partial charge in [-0.15, -0.1) is 0 Å². The summed E-state index contributed by atoms with van der Waals surface area (Å²) in [6.45, 7) is 2.51. The molecule has 0 aromatic carbocycles. The van der Waals surface area contributed by atoms with Crippen LogP contribution in [-0.4, -0.2) is 40.2 Å². The molecule has 0 heterocycles. The molecule has 17 heavy (non-hydrogen) atoms. The molecular weight excluding hydrogens is 255 g/mol. The zero-order valence-electron chi connectivity index (χ0n) is 8.46. The Balaban J connectivity index is 5.28. The SMILES string of the molecule is C=CC(=O)OC(F)(F)C(F)(F)C(C)(F)C(O)O. The number of esters is 1. The number of carbonyl (C=O) groups excluding carboxylic acids is 1. The molecule has 0 aliphatic rings. The van der Waals surface area contributed by atoms with E-state index in [1.165, 1.54) is 0 Å². The second kappa shape index (κ2) is 4.57. The summed E-state index contributed by atoms with van der Waals surface area (Å²) < 4.78 is 67.6. The van der Waals surface area contributed by atoms with Crippen LogP contribution in [-0.2, 0) is 9.53 Å². The molecule has 0 saturated heterocycles. The third-order valence-electron chi connectivity index (χ3n) is 1.86. The summed E-state index contributed by atoms with van der Waals surface area (Å²) in [5, 5.41) is 16.6. The van der Waals surface area contributed by atoms with Gasteiger partial charge in [0.2, 0.25) is 5.67 Å². The summed E-state index contributed by atoms with van der Waals surface area (Å²) in [7, 11) is 0. The quantitative estimate of drug-likeness (QED) is 0.336. The molecule has 0 amide bonds. The van der Waals surface area contributed by atoms with Crippen LogP contribution in [0.4, 0.5) is 22.0 Å².